The minimum Gasteiger partial charge on any atom is -0.405 e. The van der Waals surface area contributed by atoms with Gasteiger partial charge in [-0.25, -0.2) is 9.97 Å². The number of nitrogen functional groups attached to an aromatic ring is 1. The zero-order valence-electron chi connectivity index (χ0n) is 21.6. The molecule has 8 heteroatoms. The number of benzene rings is 1. The molecule has 3 aromatic rings. The largest absolute Gasteiger partial charge is 0.405 e. The molecule has 1 atom stereocenters. The van der Waals surface area contributed by atoms with Crippen LogP contribution < -0.4 is 17.2 Å². The number of nitrogens with zero attached hydrogens (tertiary/aromatic N) is 5. The van der Waals surface area contributed by atoms with Crippen molar-refractivity contribution < 1.29 is 0 Å². The van der Waals surface area contributed by atoms with E-state index in [1.165, 1.54) is 12.5 Å². The van der Waals surface area contributed by atoms with Crippen molar-refractivity contribution in [3.63, 3.8) is 0 Å². The Morgan fingerprint density at radius 3 is 2.44 bits per heavy atom. The van der Waals surface area contributed by atoms with E-state index < -0.39 is 5.41 Å². The predicted molar refractivity (Wildman–Crippen MR) is 147 cm³/mol. The molecule has 8 nitrogen and oxygen atoms in total. The first-order chi connectivity index (χ1) is 17.4. The maximum absolute atomic E-state index is 10.2. The molecule has 2 aromatic heterocycles. The van der Waals surface area contributed by atoms with E-state index in [9.17, 15) is 10.5 Å². The average Bonchev–Trinajstić information content (AvgIpc) is 3.20. The summed E-state index contributed by atoms with van der Waals surface area (Å²) in [6.07, 6.45) is 7.86. The van der Waals surface area contributed by atoms with Crippen molar-refractivity contribution in [3.8, 4) is 23.3 Å². The Labute approximate surface area is 213 Å². The van der Waals surface area contributed by atoms with Crippen LogP contribution in [0.4, 0.5) is 5.82 Å². The van der Waals surface area contributed by atoms with Gasteiger partial charge in [-0.15, -0.1) is 0 Å². The summed E-state index contributed by atoms with van der Waals surface area (Å²) in [6, 6.07) is 12.7. The third-order valence-electron chi connectivity index (χ3n) is 6.06. The molecule has 0 aliphatic carbocycles. The number of hydrogen-bond donors (Lipinski definition) is 3. The molecule has 0 radical (unpaired) electrons. The Morgan fingerprint density at radius 1 is 1.17 bits per heavy atom. The molecular weight excluding hydrogens is 448 g/mol. The number of fused-ring (bicyclic) bond motifs is 1. The normalized spacial score (nSPS) is 13.0. The van der Waals surface area contributed by atoms with Crippen molar-refractivity contribution in [2.45, 2.75) is 53.5 Å². The minimum absolute atomic E-state index is 0.168. The molecule has 0 amide bonds. The van der Waals surface area contributed by atoms with Gasteiger partial charge in [-0.05, 0) is 44.1 Å². The van der Waals surface area contributed by atoms with Crippen LogP contribution in [0.5, 0.6) is 0 Å². The van der Waals surface area contributed by atoms with E-state index in [-0.39, 0.29) is 6.42 Å². The fraction of sp³-hybridized carbons (Fsp3) is 0.357. The summed E-state index contributed by atoms with van der Waals surface area (Å²) >= 11 is 0. The van der Waals surface area contributed by atoms with Gasteiger partial charge in [-0.3, -0.25) is 0 Å². The van der Waals surface area contributed by atoms with E-state index in [0.29, 0.717) is 36.5 Å². The Bertz CT molecular complexity index is 1300. The second-order valence-electron chi connectivity index (χ2n) is 8.58. The topological polar surface area (TPSA) is 156 Å². The maximum Gasteiger partial charge on any atom is 0.146 e. The summed E-state index contributed by atoms with van der Waals surface area (Å²) in [7, 11) is 0. The van der Waals surface area contributed by atoms with Gasteiger partial charge >= 0.3 is 0 Å². The highest BCUT2D eigenvalue weighted by Crippen LogP contribution is 2.41. The Balaban J connectivity index is 0.00000222. The molecule has 0 spiro atoms. The van der Waals surface area contributed by atoms with Gasteiger partial charge in [0.05, 0.1) is 23.2 Å². The first-order valence-corrected chi connectivity index (χ1v) is 12.2. The summed E-state index contributed by atoms with van der Waals surface area (Å²) in [5.74, 6) is 0.367. The highest BCUT2D eigenvalue weighted by molar-refractivity contribution is 6.04. The monoisotopic (exact) mass is 484 g/mol. The van der Waals surface area contributed by atoms with E-state index in [1.807, 2.05) is 62.6 Å². The van der Waals surface area contributed by atoms with Crippen molar-refractivity contribution in [1.82, 2.24) is 14.5 Å². The van der Waals surface area contributed by atoms with Crippen molar-refractivity contribution in [3.05, 3.63) is 59.7 Å². The van der Waals surface area contributed by atoms with Gasteiger partial charge in [0, 0.05) is 29.5 Å². The number of hydrogen-bond acceptors (Lipinski definition) is 7. The molecule has 0 saturated heterocycles. The molecule has 0 fully saturated rings. The van der Waals surface area contributed by atoms with E-state index in [0.717, 1.165) is 34.2 Å². The van der Waals surface area contributed by atoms with Gasteiger partial charge in [0.1, 0.15) is 17.8 Å². The first-order valence-electron chi connectivity index (χ1n) is 12.2. The standard InChI is InChI=1S/C26H30N8.C2H6/c1-18-5-7-19(8-6-18)22-21(15-20(16-30)26(2,10-13-29)9-3-11-27)34(14-4-12-28)25-23(22)24(31)32-17-33-25;1-2/h3,5-8,11,15,17H,4,9-10,12,14,27-28H2,1-2H3,(H2,31,32,33);1-2H3/b11-3-,20-15+;. The summed E-state index contributed by atoms with van der Waals surface area (Å²) in [6.45, 7) is 9.02. The summed E-state index contributed by atoms with van der Waals surface area (Å²) in [5.41, 5.74) is 21.9. The number of nitriles is 2. The number of rotatable bonds is 9. The number of anilines is 1. The lowest BCUT2D eigenvalue weighted by atomic mass is 9.76. The highest BCUT2D eigenvalue weighted by Gasteiger charge is 2.30. The number of aryl methyl sites for hydroxylation is 2. The van der Waals surface area contributed by atoms with Gasteiger partial charge in [0.15, 0.2) is 0 Å². The van der Waals surface area contributed by atoms with Gasteiger partial charge in [-0.1, -0.05) is 56.7 Å². The van der Waals surface area contributed by atoms with Crippen LogP contribution in [-0.2, 0) is 6.54 Å². The van der Waals surface area contributed by atoms with E-state index >= 15 is 0 Å². The fourth-order valence-corrected chi connectivity index (χ4v) is 4.11. The third-order valence-corrected chi connectivity index (χ3v) is 6.06. The lowest BCUT2D eigenvalue weighted by molar-refractivity contribution is 0.428. The second-order valence-corrected chi connectivity index (χ2v) is 8.58. The zero-order chi connectivity index (χ0) is 26.7. The van der Waals surface area contributed by atoms with Crippen molar-refractivity contribution in [2.24, 2.45) is 16.9 Å². The van der Waals surface area contributed by atoms with Crippen LogP contribution in [0.1, 0.15) is 51.3 Å². The molecule has 1 aromatic carbocycles. The van der Waals surface area contributed by atoms with Crippen molar-refractivity contribution >= 4 is 22.9 Å². The maximum atomic E-state index is 10.2. The SMILES string of the molecule is CC.Cc1ccc(-c2c(/C=C(\C#N)C(C)(CC#N)C/C=C\N)n(CCCN)c3ncnc(N)c23)cc1. The van der Waals surface area contributed by atoms with Gasteiger partial charge < -0.3 is 21.8 Å². The molecule has 188 valence electrons. The van der Waals surface area contributed by atoms with Gasteiger partial charge in [0.25, 0.3) is 0 Å². The van der Waals surface area contributed by atoms with Crippen LogP contribution in [-0.4, -0.2) is 21.1 Å². The molecule has 0 aliphatic heterocycles. The predicted octanol–water partition coefficient (Wildman–Crippen LogP) is 5.05. The Kier molecular flexibility index (Phi) is 10.2. The zero-order valence-corrected chi connectivity index (χ0v) is 21.6. The van der Waals surface area contributed by atoms with E-state index in [4.69, 9.17) is 17.2 Å². The third kappa shape index (κ3) is 5.91. The van der Waals surface area contributed by atoms with Crippen molar-refractivity contribution in [1.29, 1.82) is 10.5 Å². The summed E-state index contributed by atoms with van der Waals surface area (Å²) in [4.78, 5) is 8.78. The molecule has 6 N–H and O–H groups in total. The molecule has 0 bridgehead atoms. The lowest BCUT2D eigenvalue weighted by Crippen LogP contribution is -2.18. The smallest absolute Gasteiger partial charge is 0.146 e. The number of nitrogens with two attached hydrogens (primary N) is 3. The van der Waals surface area contributed by atoms with Crippen LogP contribution in [0.2, 0.25) is 0 Å². The quantitative estimate of drug-likeness (QED) is 0.358. The van der Waals surface area contributed by atoms with Crippen LogP contribution in [0.3, 0.4) is 0 Å². The molecule has 3 rings (SSSR count). The number of aromatic nitrogens is 3. The Hall–Kier alpha value is -4.14. The van der Waals surface area contributed by atoms with Gasteiger partial charge in [-0.2, -0.15) is 10.5 Å². The molecule has 0 saturated carbocycles. The molecule has 1 unspecified atom stereocenters. The van der Waals surface area contributed by atoms with E-state index in [2.05, 4.69) is 22.1 Å². The molecule has 2 heterocycles. The van der Waals surface area contributed by atoms with Crippen LogP contribution in [0, 0.1) is 35.0 Å². The van der Waals surface area contributed by atoms with E-state index in [1.54, 1.807) is 6.08 Å². The fourth-order valence-electron chi connectivity index (χ4n) is 4.11. The lowest BCUT2D eigenvalue weighted by Gasteiger charge is -2.25. The van der Waals surface area contributed by atoms with Crippen LogP contribution in [0.25, 0.3) is 28.2 Å². The highest BCUT2D eigenvalue weighted by atomic mass is 15.1. The molecular formula is C28H36N8. The van der Waals surface area contributed by atoms with Gasteiger partial charge in [0.2, 0.25) is 0 Å². The van der Waals surface area contributed by atoms with Crippen LogP contribution in [0.15, 0.2) is 48.4 Å². The first kappa shape index (κ1) is 28.1. The molecule has 36 heavy (non-hydrogen) atoms. The molecule has 0 aliphatic rings. The Morgan fingerprint density at radius 2 is 1.86 bits per heavy atom. The second kappa shape index (κ2) is 13.1. The van der Waals surface area contributed by atoms with Crippen LogP contribution >= 0.6 is 0 Å². The summed E-state index contributed by atoms with van der Waals surface area (Å²) < 4.78 is 2.04. The minimum atomic E-state index is -0.712. The number of allylic oxidation sites excluding steroid dienone is 2. The average molecular weight is 485 g/mol. The van der Waals surface area contributed by atoms with Crippen molar-refractivity contribution in [2.75, 3.05) is 12.3 Å². The summed E-state index contributed by atoms with van der Waals surface area (Å²) in [5, 5.41) is 20.4.